The third kappa shape index (κ3) is 3.96. The van der Waals surface area contributed by atoms with Crippen molar-refractivity contribution in [2.75, 3.05) is 5.75 Å². The molecule has 0 heterocycles. The van der Waals surface area contributed by atoms with E-state index in [4.69, 9.17) is 0 Å². The predicted molar refractivity (Wildman–Crippen MR) is 58.6 cm³/mol. The van der Waals surface area contributed by atoms with Crippen LogP contribution < -0.4 is 4.72 Å². The molecule has 0 aliphatic heterocycles. The van der Waals surface area contributed by atoms with Gasteiger partial charge in [-0.25, -0.2) is 13.1 Å². The Morgan fingerprint density at radius 1 is 1.36 bits per heavy atom. The van der Waals surface area contributed by atoms with E-state index in [1.807, 2.05) is 13.8 Å². The van der Waals surface area contributed by atoms with Crippen LogP contribution in [-0.4, -0.2) is 20.2 Å². The normalized spacial score (nSPS) is 28.6. The van der Waals surface area contributed by atoms with Gasteiger partial charge in [0.1, 0.15) is 0 Å². The van der Waals surface area contributed by atoms with Gasteiger partial charge < -0.3 is 0 Å². The van der Waals surface area contributed by atoms with Crippen LogP contribution in [0.2, 0.25) is 0 Å². The van der Waals surface area contributed by atoms with E-state index in [1.54, 1.807) is 0 Å². The van der Waals surface area contributed by atoms with Crippen LogP contribution in [0.4, 0.5) is 0 Å². The maximum Gasteiger partial charge on any atom is 0.212 e. The van der Waals surface area contributed by atoms with Gasteiger partial charge in [0.15, 0.2) is 0 Å². The highest BCUT2D eigenvalue weighted by atomic mass is 32.2. The second-order valence-electron chi connectivity index (χ2n) is 4.91. The van der Waals surface area contributed by atoms with Crippen LogP contribution in [0.25, 0.3) is 0 Å². The van der Waals surface area contributed by atoms with E-state index in [0.29, 0.717) is 5.92 Å². The molecule has 0 radical (unpaired) electrons. The summed E-state index contributed by atoms with van der Waals surface area (Å²) in [4.78, 5) is 0. The van der Waals surface area contributed by atoms with Crippen molar-refractivity contribution in [2.45, 2.75) is 46.1 Å². The molecule has 1 aliphatic carbocycles. The highest BCUT2D eigenvalue weighted by molar-refractivity contribution is 7.89. The Hall–Kier alpha value is -0.0900. The fourth-order valence-corrected chi connectivity index (χ4v) is 3.75. The van der Waals surface area contributed by atoms with Crippen LogP contribution in [-0.2, 0) is 10.0 Å². The Kier molecular flexibility index (Phi) is 3.95. The van der Waals surface area contributed by atoms with E-state index in [-0.39, 0.29) is 17.7 Å². The van der Waals surface area contributed by atoms with Crippen LogP contribution in [0.15, 0.2) is 0 Å². The number of rotatable bonds is 4. The molecule has 0 amide bonds. The lowest BCUT2D eigenvalue weighted by Crippen LogP contribution is -2.35. The van der Waals surface area contributed by atoms with Crippen molar-refractivity contribution in [3.63, 3.8) is 0 Å². The maximum atomic E-state index is 11.6. The molecule has 1 rings (SSSR count). The Labute approximate surface area is 87.3 Å². The summed E-state index contributed by atoms with van der Waals surface area (Å²) < 4.78 is 26.0. The molecular weight excluding hydrogens is 198 g/mol. The summed E-state index contributed by atoms with van der Waals surface area (Å²) in [5.74, 6) is 1.12. The van der Waals surface area contributed by atoms with Crippen LogP contribution in [0.3, 0.4) is 0 Å². The first kappa shape index (κ1) is 12.0. The SMILES string of the molecule is CC(C)CS(=O)(=O)NC1CCC(C)C1. The summed E-state index contributed by atoms with van der Waals surface area (Å²) in [5, 5.41) is 0. The van der Waals surface area contributed by atoms with Crippen molar-refractivity contribution in [2.24, 2.45) is 11.8 Å². The molecule has 0 bridgehead atoms. The van der Waals surface area contributed by atoms with Crippen molar-refractivity contribution >= 4 is 10.0 Å². The summed E-state index contributed by atoms with van der Waals surface area (Å²) in [6.45, 7) is 6.03. The lowest BCUT2D eigenvalue weighted by atomic mass is 10.1. The molecule has 2 unspecified atom stereocenters. The summed E-state index contributed by atoms with van der Waals surface area (Å²) >= 11 is 0. The smallest absolute Gasteiger partial charge is 0.212 e. The quantitative estimate of drug-likeness (QED) is 0.783. The fraction of sp³-hybridized carbons (Fsp3) is 1.00. The lowest BCUT2D eigenvalue weighted by molar-refractivity contribution is 0.531. The van der Waals surface area contributed by atoms with Crippen LogP contribution in [0.1, 0.15) is 40.0 Å². The second kappa shape index (κ2) is 4.62. The molecule has 14 heavy (non-hydrogen) atoms. The van der Waals surface area contributed by atoms with Crippen molar-refractivity contribution < 1.29 is 8.42 Å². The van der Waals surface area contributed by atoms with Gasteiger partial charge in [-0.3, -0.25) is 0 Å². The van der Waals surface area contributed by atoms with E-state index in [2.05, 4.69) is 11.6 Å². The standard InChI is InChI=1S/C10H21NO2S/c1-8(2)7-14(12,13)11-10-5-4-9(3)6-10/h8-11H,4-7H2,1-3H3. The van der Waals surface area contributed by atoms with Crippen LogP contribution >= 0.6 is 0 Å². The third-order valence-corrected chi connectivity index (χ3v) is 4.39. The fourth-order valence-electron chi connectivity index (χ4n) is 2.06. The minimum absolute atomic E-state index is 0.189. The van der Waals surface area contributed by atoms with Crippen LogP contribution in [0.5, 0.6) is 0 Å². The summed E-state index contributed by atoms with van der Waals surface area (Å²) in [5.41, 5.74) is 0. The van der Waals surface area contributed by atoms with E-state index in [0.717, 1.165) is 19.3 Å². The number of hydrogen-bond donors (Lipinski definition) is 1. The van der Waals surface area contributed by atoms with Gasteiger partial charge in [-0.1, -0.05) is 20.8 Å². The average Bonchev–Trinajstić information content (AvgIpc) is 2.30. The molecule has 3 nitrogen and oxygen atoms in total. The Morgan fingerprint density at radius 2 is 2.00 bits per heavy atom. The van der Waals surface area contributed by atoms with Crippen molar-refractivity contribution in [1.29, 1.82) is 0 Å². The monoisotopic (exact) mass is 219 g/mol. The molecule has 0 spiro atoms. The molecule has 1 aliphatic rings. The minimum Gasteiger partial charge on any atom is -0.212 e. The van der Waals surface area contributed by atoms with E-state index < -0.39 is 10.0 Å². The van der Waals surface area contributed by atoms with Gasteiger partial charge in [0, 0.05) is 6.04 Å². The minimum atomic E-state index is -3.04. The molecule has 1 N–H and O–H groups in total. The molecule has 0 aromatic rings. The zero-order valence-electron chi connectivity index (χ0n) is 9.29. The molecule has 0 aromatic carbocycles. The topological polar surface area (TPSA) is 46.2 Å². The number of nitrogens with one attached hydrogen (secondary N) is 1. The zero-order valence-corrected chi connectivity index (χ0v) is 10.1. The highest BCUT2D eigenvalue weighted by Crippen LogP contribution is 2.25. The lowest BCUT2D eigenvalue weighted by Gasteiger charge is -2.14. The molecule has 84 valence electrons. The van der Waals surface area contributed by atoms with Gasteiger partial charge in [0.2, 0.25) is 10.0 Å². The third-order valence-electron chi connectivity index (χ3n) is 2.59. The molecular formula is C10H21NO2S. The first-order valence-corrected chi connectivity index (χ1v) is 7.04. The molecule has 1 fully saturated rings. The predicted octanol–water partition coefficient (Wildman–Crippen LogP) is 1.75. The number of hydrogen-bond acceptors (Lipinski definition) is 2. The average molecular weight is 219 g/mol. The van der Waals surface area contributed by atoms with E-state index in [1.165, 1.54) is 0 Å². The Bertz CT molecular complexity index is 272. The van der Waals surface area contributed by atoms with Crippen molar-refractivity contribution in [3.8, 4) is 0 Å². The Balaban J connectivity index is 2.43. The van der Waals surface area contributed by atoms with Crippen molar-refractivity contribution in [3.05, 3.63) is 0 Å². The largest absolute Gasteiger partial charge is 0.212 e. The molecule has 0 saturated heterocycles. The van der Waals surface area contributed by atoms with Crippen molar-refractivity contribution in [1.82, 2.24) is 4.72 Å². The summed E-state index contributed by atoms with van der Waals surface area (Å²) in [6.07, 6.45) is 3.14. The van der Waals surface area contributed by atoms with Gasteiger partial charge >= 0.3 is 0 Å². The van der Waals surface area contributed by atoms with E-state index >= 15 is 0 Å². The van der Waals surface area contributed by atoms with E-state index in [9.17, 15) is 8.42 Å². The first-order valence-electron chi connectivity index (χ1n) is 5.39. The number of sulfonamides is 1. The van der Waals surface area contributed by atoms with Gasteiger partial charge in [0.05, 0.1) is 5.75 Å². The van der Waals surface area contributed by atoms with Gasteiger partial charge in [-0.15, -0.1) is 0 Å². The highest BCUT2D eigenvalue weighted by Gasteiger charge is 2.25. The van der Waals surface area contributed by atoms with Gasteiger partial charge in [0.25, 0.3) is 0 Å². The van der Waals surface area contributed by atoms with Crippen LogP contribution in [0, 0.1) is 11.8 Å². The molecule has 2 atom stereocenters. The van der Waals surface area contributed by atoms with Gasteiger partial charge in [-0.05, 0) is 31.1 Å². The zero-order chi connectivity index (χ0) is 10.8. The molecule has 4 heteroatoms. The first-order chi connectivity index (χ1) is 6.39. The molecule has 0 aromatic heterocycles. The summed E-state index contributed by atoms with van der Waals surface area (Å²) in [7, 11) is -3.04. The Morgan fingerprint density at radius 3 is 2.43 bits per heavy atom. The molecule has 1 saturated carbocycles. The van der Waals surface area contributed by atoms with Gasteiger partial charge in [-0.2, -0.15) is 0 Å². The summed E-state index contributed by atoms with van der Waals surface area (Å²) in [6, 6.07) is 0.189. The second-order valence-corrected chi connectivity index (χ2v) is 6.71. The maximum absolute atomic E-state index is 11.6.